The molecule has 0 fully saturated rings. The summed E-state index contributed by atoms with van der Waals surface area (Å²) in [5, 5.41) is 14.0. The van der Waals surface area contributed by atoms with Gasteiger partial charge in [-0.05, 0) is 36.9 Å². The van der Waals surface area contributed by atoms with Crippen molar-refractivity contribution < 1.29 is 9.84 Å². The van der Waals surface area contributed by atoms with Crippen molar-refractivity contribution in [3.63, 3.8) is 0 Å². The van der Waals surface area contributed by atoms with Crippen LogP contribution >= 0.6 is 11.3 Å². The zero-order chi connectivity index (χ0) is 10.9. The van der Waals surface area contributed by atoms with Crippen LogP contribution in [0.1, 0.15) is 16.9 Å². The standard InChI is InChI=1S/C11H19NO2S/c1-10-3-8-15-11(10)9-12-4-2-6-14-7-5-13/h3,8,12-13H,2,4-7,9H2,1H3. The Labute approximate surface area is 95.1 Å². The van der Waals surface area contributed by atoms with Gasteiger partial charge in [0.2, 0.25) is 0 Å². The molecular weight excluding hydrogens is 210 g/mol. The highest BCUT2D eigenvalue weighted by Crippen LogP contribution is 2.14. The van der Waals surface area contributed by atoms with Gasteiger partial charge in [0.15, 0.2) is 0 Å². The molecule has 0 aliphatic heterocycles. The van der Waals surface area contributed by atoms with Crippen LogP contribution in [0.2, 0.25) is 0 Å². The second kappa shape index (κ2) is 7.82. The van der Waals surface area contributed by atoms with Gasteiger partial charge in [-0.1, -0.05) is 0 Å². The van der Waals surface area contributed by atoms with Gasteiger partial charge in [-0.25, -0.2) is 0 Å². The Kier molecular flexibility index (Phi) is 6.59. The third-order valence-corrected chi connectivity index (χ3v) is 3.15. The summed E-state index contributed by atoms with van der Waals surface area (Å²) < 4.78 is 5.16. The molecular formula is C11H19NO2S. The van der Waals surface area contributed by atoms with Crippen LogP contribution in [0.25, 0.3) is 0 Å². The van der Waals surface area contributed by atoms with E-state index in [4.69, 9.17) is 9.84 Å². The maximum absolute atomic E-state index is 8.49. The number of nitrogens with one attached hydrogen (secondary N) is 1. The summed E-state index contributed by atoms with van der Waals surface area (Å²) >= 11 is 1.79. The van der Waals surface area contributed by atoms with Crippen LogP contribution in [0.4, 0.5) is 0 Å². The second-order valence-electron chi connectivity index (χ2n) is 3.39. The molecule has 0 unspecified atom stereocenters. The molecule has 0 aliphatic rings. The minimum absolute atomic E-state index is 0.113. The normalized spacial score (nSPS) is 10.8. The largest absolute Gasteiger partial charge is 0.394 e. The molecule has 2 N–H and O–H groups in total. The number of rotatable bonds is 8. The molecule has 0 aliphatic carbocycles. The Morgan fingerprint density at radius 2 is 2.33 bits per heavy atom. The van der Waals surface area contributed by atoms with E-state index in [2.05, 4.69) is 23.7 Å². The second-order valence-corrected chi connectivity index (χ2v) is 4.39. The van der Waals surface area contributed by atoms with E-state index < -0.39 is 0 Å². The summed E-state index contributed by atoms with van der Waals surface area (Å²) in [6.07, 6.45) is 0.990. The van der Waals surface area contributed by atoms with Crippen molar-refractivity contribution in [3.05, 3.63) is 21.9 Å². The maximum Gasteiger partial charge on any atom is 0.0697 e. The van der Waals surface area contributed by atoms with Gasteiger partial charge >= 0.3 is 0 Å². The van der Waals surface area contributed by atoms with Crippen molar-refractivity contribution >= 4 is 11.3 Å². The number of hydrogen-bond acceptors (Lipinski definition) is 4. The monoisotopic (exact) mass is 229 g/mol. The van der Waals surface area contributed by atoms with Gasteiger partial charge in [-0.15, -0.1) is 11.3 Å². The van der Waals surface area contributed by atoms with Crippen LogP contribution < -0.4 is 5.32 Å². The fourth-order valence-electron chi connectivity index (χ4n) is 1.25. The van der Waals surface area contributed by atoms with Crippen LogP contribution in [0, 0.1) is 6.92 Å². The van der Waals surface area contributed by atoms with Gasteiger partial charge in [0.05, 0.1) is 13.2 Å². The molecule has 1 rings (SSSR count). The van der Waals surface area contributed by atoms with E-state index in [9.17, 15) is 0 Å². The summed E-state index contributed by atoms with van der Waals surface area (Å²) in [6, 6.07) is 2.14. The first-order valence-electron chi connectivity index (χ1n) is 5.27. The summed E-state index contributed by atoms with van der Waals surface area (Å²) in [4.78, 5) is 1.41. The molecule has 0 atom stereocenters. The van der Waals surface area contributed by atoms with Gasteiger partial charge in [0, 0.05) is 18.0 Å². The zero-order valence-corrected chi connectivity index (χ0v) is 9.98. The first-order chi connectivity index (χ1) is 7.34. The van der Waals surface area contributed by atoms with Crippen molar-refractivity contribution in [2.45, 2.75) is 19.9 Å². The van der Waals surface area contributed by atoms with E-state index in [1.165, 1.54) is 10.4 Å². The lowest BCUT2D eigenvalue weighted by atomic mass is 10.3. The lowest BCUT2D eigenvalue weighted by Crippen LogP contribution is -2.16. The van der Waals surface area contributed by atoms with Gasteiger partial charge in [-0.2, -0.15) is 0 Å². The minimum atomic E-state index is 0.113. The highest BCUT2D eigenvalue weighted by Gasteiger charge is 1.98. The molecule has 4 heteroatoms. The first-order valence-corrected chi connectivity index (χ1v) is 6.15. The van der Waals surface area contributed by atoms with Crippen LogP contribution in [0.15, 0.2) is 11.4 Å². The molecule has 3 nitrogen and oxygen atoms in total. The van der Waals surface area contributed by atoms with Gasteiger partial charge in [0.1, 0.15) is 0 Å². The summed E-state index contributed by atoms with van der Waals surface area (Å²) in [7, 11) is 0. The molecule has 0 saturated carbocycles. The number of thiophene rings is 1. The highest BCUT2D eigenvalue weighted by atomic mass is 32.1. The Morgan fingerprint density at radius 3 is 3.00 bits per heavy atom. The number of ether oxygens (including phenoxy) is 1. The van der Waals surface area contributed by atoms with Crippen molar-refractivity contribution in [2.75, 3.05) is 26.4 Å². The summed E-state index contributed by atoms with van der Waals surface area (Å²) in [5.74, 6) is 0. The smallest absolute Gasteiger partial charge is 0.0697 e. The SMILES string of the molecule is Cc1ccsc1CNCCCOCCO. The van der Waals surface area contributed by atoms with Crippen LogP contribution in [-0.4, -0.2) is 31.5 Å². The van der Waals surface area contributed by atoms with E-state index in [0.717, 1.165) is 26.1 Å². The van der Waals surface area contributed by atoms with Gasteiger partial charge in [0.25, 0.3) is 0 Å². The molecule has 0 spiro atoms. The van der Waals surface area contributed by atoms with Crippen molar-refractivity contribution in [1.82, 2.24) is 5.32 Å². The van der Waals surface area contributed by atoms with E-state index >= 15 is 0 Å². The van der Waals surface area contributed by atoms with Crippen molar-refractivity contribution in [3.8, 4) is 0 Å². The molecule has 1 aromatic rings. The Bertz CT molecular complexity index is 263. The number of aliphatic hydroxyl groups excluding tert-OH is 1. The molecule has 86 valence electrons. The van der Waals surface area contributed by atoms with E-state index in [-0.39, 0.29) is 6.61 Å². The maximum atomic E-state index is 8.49. The van der Waals surface area contributed by atoms with Crippen LogP contribution in [0.3, 0.4) is 0 Å². The summed E-state index contributed by atoms with van der Waals surface area (Å²) in [5.41, 5.74) is 1.36. The quantitative estimate of drug-likeness (QED) is 0.665. The average Bonchev–Trinajstić information content (AvgIpc) is 2.63. The van der Waals surface area contributed by atoms with Gasteiger partial charge < -0.3 is 15.2 Å². The third-order valence-electron chi connectivity index (χ3n) is 2.13. The Hall–Kier alpha value is -0.420. The van der Waals surface area contributed by atoms with Gasteiger partial charge in [-0.3, -0.25) is 0 Å². The van der Waals surface area contributed by atoms with Crippen molar-refractivity contribution in [2.24, 2.45) is 0 Å². The lowest BCUT2D eigenvalue weighted by molar-refractivity contribution is 0.0907. The molecule has 1 aromatic heterocycles. The fraction of sp³-hybridized carbons (Fsp3) is 0.636. The Balaban J connectivity index is 1.96. The topological polar surface area (TPSA) is 41.5 Å². The van der Waals surface area contributed by atoms with Crippen LogP contribution in [0.5, 0.6) is 0 Å². The van der Waals surface area contributed by atoms with Crippen LogP contribution in [-0.2, 0) is 11.3 Å². The molecule has 0 aromatic carbocycles. The van der Waals surface area contributed by atoms with Crippen molar-refractivity contribution in [1.29, 1.82) is 0 Å². The van der Waals surface area contributed by atoms with E-state index in [0.29, 0.717) is 6.61 Å². The fourth-order valence-corrected chi connectivity index (χ4v) is 2.13. The lowest BCUT2D eigenvalue weighted by Gasteiger charge is -2.04. The number of hydrogen-bond donors (Lipinski definition) is 2. The van der Waals surface area contributed by atoms with E-state index in [1.54, 1.807) is 11.3 Å². The highest BCUT2D eigenvalue weighted by molar-refractivity contribution is 7.10. The minimum Gasteiger partial charge on any atom is -0.394 e. The number of aliphatic hydroxyl groups is 1. The Morgan fingerprint density at radius 1 is 1.47 bits per heavy atom. The molecule has 1 heterocycles. The predicted octanol–water partition coefficient (Wildman–Crippen LogP) is 1.55. The molecule has 0 radical (unpaired) electrons. The first kappa shape index (κ1) is 12.6. The zero-order valence-electron chi connectivity index (χ0n) is 9.16. The molecule has 0 bridgehead atoms. The van der Waals surface area contributed by atoms with E-state index in [1.807, 2.05) is 0 Å². The molecule has 0 saturated heterocycles. The number of aryl methyl sites for hydroxylation is 1. The average molecular weight is 229 g/mol. The predicted molar refractivity (Wildman–Crippen MR) is 63.3 cm³/mol. The third kappa shape index (κ3) is 5.28. The summed E-state index contributed by atoms with van der Waals surface area (Å²) in [6.45, 7) is 5.33. The molecule has 0 amide bonds. The molecule has 15 heavy (non-hydrogen) atoms.